The lowest BCUT2D eigenvalue weighted by atomic mass is 10.1. The van der Waals surface area contributed by atoms with Gasteiger partial charge in [0, 0.05) is 19.1 Å². The highest BCUT2D eigenvalue weighted by Gasteiger charge is 2.20. The van der Waals surface area contributed by atoms with Gasteiger partial charge in [-0.25, -0.2) is 0 Å². The quantitative estimate of drug-likeness (QED) is 0.783. The van der Waals surface area contributed by atoms with E-state index in [4.69, 9.17) is 0 Å². The molecule has 21 heavy (non-hydrogen) atoms. The van der Waals surface area contributed by atoms with Crippen LogP contribution in [0.4, 0.5) is 0 Å². The normalized spacial score (nSPS) is 13.9. The summed E-state index contributed by atoms with van der Waals surface area (Å²) in [6.45, 7) is 7.36. The van der Waals surface area contributed by atoms with E-state index in [2.05, 4.69) is 35.7 Å². The molecule has 2 aromatic carbocycles. The summed E-state index contributed by atoms with van der Waals surface area (Å²) in [6.07, 6.45) is 1.07. The maximum atomic E-state index is 10.1. The molecule has 110 valence electrons. The Morgan fingerprint density at radius 1 is 0.952 bits per heavy atom. The molecule has 0 spiro atoms. The fraction of sp³-hybridized carbons (Fsp3) is 0.263. The average Bonchev–Trinajstić information content (AvgIpc) is 2.54. The Labute approximate surface area is 127 Å². The van der Waals surface area contributed by atoms with E-state index in [1.807, 2.05) is 43.3 Å². The molecule has 0 bridgehead atoms. The molecule has 2 heteroatoms. The van der Waals surface area contributed by atoms with Crippen LogP contribution < -0.4 is 0 Å². The number of benzene rings is 2. The van der Waals surface area contributed by atoms with Crippen molar-refractivity contribution >= 4 is 0 Å². The van der Waals surface area contributed by atoms with Gasteiger partial charge in [0.25, 0.3) is 0 Å². The standard InChI is InChI=1S/C19H23NO/c1-3-19(21)16(2)20(14-17-10-6-4-7-11-17)15-18-12-8-5-9-13-18/h3-13,16,19,21H,1,14-15H2,2H3/t16-,19+/m0/s1. The van der Waals surface area contributed by atoms with Crippen molar-refractivity contribution in [2.75, 3.05) is 0 Å². The molecule has 2 aromatic rings. The Balaban J connectivity index is 2.15. The van der Waals surface area contributed by atoms with Crippen molar-refractivity contribution in [2.24, 2.45) is 0 Å². The van der Waals surface area contributed by atoms with Crippen LogP contribution in [0.15, 0.2) is 73.3 Å². The summed E-state index contributed by atoms with van der Waals surface area (Å²) in [6, 6.07) is 20.7. The van der Waals surface area contributed by atoms with Crippen LogP contribution in [0, 0.1) is 0 Å². The molecule has 2 nitrogen and oxygen atoms in total. The molecule has 2 rings (SSSR count). The van der Waals surface area contributed by atoms with Crippen LogP contribution in [-0.4, -0.2) is 22.2 Å². The Morgan fingerprint density at radius 3 is 1.76 bits per heavy atom. The lowest BCUT2D eigenvalue weighted by Crippen LogP contribution is -2.39. The number of hydrogen-bond donors (Lipinski definition) is 1. The summed E-state index contributed by atoms with van der Waals surface area (Å²) in [5, 5.41) is 10.1. The number of hydrogen-bond acceptors (Lipinski definition) is 2. The smallest absolute Gasteiger partial charge is 0.0871 e. The minimum Gasteiger partial charge on any atom is -0.387 e. The van der Waals surface area contributed by atoms with Gasteiger partial charge in [-0.2, -0.15) is 0 Å². The van der Waals surface area contributed by atoms with E-state index < -0.39 is 6.10 Å². The van der Waals surface area contributed by atoms with Gasteiger partial charge in [-0.15, -0.1) is 6.58 Å². The van der Waals surface area contributed by atoms with Crippen LogP contribution in [0.3, 0.4) is 0 Å². The summed E-state index contributed by atoms with van der Waals surface area (Å²) in [4.78, 5) is 2.27. The van der Waals surface area contributed by atoms with Crippen LogP contribution in [0.1, 0.15) is 18.1 Å². The molecule has 0 amide bonds. The fourth-order valence-electron chi connectivity index (χ4n) is 2.39. The molecule has 0 heterocycles. The summed E-state index contributed by atoms with van der Waals surface area (Å²) in [5.41, 5.74) is 2.49. The Bertz CT molecular complexity index is 497. The summed E-state index contributed by atoms with van der Waals surface area (Å²) in [7, 11) is 0. The van der Waals surface area contributed by atoms with Crippen molar-refractivity contribution in [1.82, 2.24) is 4.90 Å². The summed E-state index contributed by atoms with van der Waals surface area (Å²) in [5.74, 6) is 0. The third-order valence-electron chi connectivity index (χ3n) is 3.77. The second-order valence-corrected chi connectivity index (χ2v) is 5.34. The molecular formula is C19H23NO. The SMILES string of the molecule is C=C[C@@H](O)[C@H](C)N(Cc1ccccc1)Cc1ccccc1. The van der Waals surface area contributed by atoms with Gasteiger partial charge in [-0.05, 0) is 18.1 Å². The van der Waals surface area contributed by atoms with E-state index in [0.29, 0.717) is 0 Å². The largest absolute Gasteiger partial charge is 0.387 e. The molecule has 2 atom stereocenters. The van der Waals surface area contributed by atoms with Crippen molar-refractivity contribution in [3.63, 3.8) is 0 Å². The van der Waals surface area contributed by atoms with Crippen LogP contribution in [-0.2, 0) is 13.1 Å². The second-order valence-electron chi connectivity index (χ2n) is 5.34. The summed E-state index contributed by atoms with van der Waals surface area (Å²) < 4.78 is 0. The van der Waals surface area contributed by atoms with E-state index in [9.17, 15) is 5.11 Å². The van der Waals surface area contributed by atoms with Gasteiger partial charge in [0.15, 0.2) is 0 Å². The van der Waals surface area contributed by atoms with Gasteiger partial charge in [-0.1, -0.05) is 66.7 Å². The monoisotopic (exact) mass is 281 g/mol. The van der Waals surface area contributed by atoms with E-state index >= 15 is 0 Å². The fourth-order valence-corrected chi connectivity index (χ4v) is 2.39. The maximum absolute atomic E-state index is 10.1. The molecule has 0 aromatic heterocycles. The molecule has 1 N–H and O–H groups in total. The molecule has 0 saturated heterocycles. The van der Waals surface area contributed by atoms with Gasteiger partial charge < -0.3 is 5.11 Å². The third kappa shape index (κ3) is 4.55. The van der Waals surface area contributed by atoms with Crippen LogP contribution in [0.5, 0.6) is 0 Å². The number of rotatable bonds is 7. The molecule has 0 aliphatic rings. The van der Waals surface area contributed by atoms with Gasteiger partial charge in [0.05, 0.1) is 6.10 Å². The lowest BCUT2D eigenvalue weighted by Gasteiger charge is -2.31. The molecule has 0 unspecified atom stereocenters. The molecule has 0 aliphatic heterocycles. The number of aliphatic hydroxyl groups excluding tert-OH is 1. The van der Waals surface area contributed by atoms with Crippen molar-refractivity contribution in [3.8, 4) is 0 Å². The summed E-state index contributed by atoms with van der Waals surface area (Å²) >= 11 is 0. The van der Waals surface area contributed by atoms with Crippen molar-refractivity contribution in [3.05, 3.63) is 84.4 Å². The van der Waals surface area contributed by atoms with Gasteiger partial charge in [0.1, 0.15) is 0 Å². The number of nitrogens with zero attached hydrogens (tertiary/aromatic N) is 1. The highest BCUT2D eigenvalue weighted by atomic mass is 16.3. The second kappa shape index (κ2) is 7.77. The predicted octanol–water partition coefficient (Wildman–Crippen LogP) is 3.62. The lowest BCUT2D eigenvalue weighted by molar-refractivity contribution is 0.0782. The molecular weight excluding hydrogens is 258 g/mol. The first-order valence-corrected chi connectivity index (χ1v) is 7.33. The van der Waals surface area contributed by atoms with E-state index in [0.717, 1.165) is 13.1 Å². The average molecular weight is 281 g/mol. The van der Waals surface area contributed by atoms with E-state index in [1.165, 1.54) is 11.1 Å². The Hall–Kier alpha value is -1.90. The topological polar surface area (TPSA) is 23.5 Å². The first-order chi connectivity index (χ1) is 10.2. The van der Waals surface area contributed by atoms with Crippen LogP contribution >= 0.6 is 0 Å². The molecule has 0 aliphatic carbocycles. The van der Waals surface area contributed by atoms with Gasteiger partial charge in [0.2, 0.25) is 0 Å². The first kappa shape index (κ1) is 15.5. The van der Waals surface area contributed by atoms with E-state index in [1.54, 1.807) is 6.08 Å². The highest BCUT2D eigenvalue weighted by Crippen LogP contribution is 2.15. The molecule has 0 saturated carbocycles. The number of aliphatic hydroxyl groups is 1. The van der Waals surface area contributed by atoms with Crippen molar-refractivity contribution in [2.45, 2.75) is 32.2 Å². The van der Waals surface area contributed by atoms with Crippen molar-refractivity contribution in [1.29, 1.82) is 0 Å². The van der Waals surface area contributed by atoms with Crippen molar-refractivity contribution < 1.29 is 5.11 Å². The van der Waals surface area contributed by atoms with Crippen LogP contribution in [0.2, 0.25) is 0 Å². The van der Waals surface area contributed by atoms with Gasteiger partial charge in [-0.3, -0.25) is 4.90 Å². The zero-order valence-corrected chi connectivity index (χ0v) is 12.5. The van der Waals surface area contributed by atoms with E-state index in [-0.39, 0.29) is 6.04 Å². The zero-order chi connectivity index (χ0) is 15.1. The van der Waals surface area contributed by atoms with Crippen LogP contribution in [0.25, 0.3) is 0 Å². The predicted molar refractivity (Wildman–Crippen MR) is 87.8 cm³/mol. The third-order valence-corrected chi connectivity index (χ3v) is 3.77. The maximum Gasteiger partial charge on any atom is 0.0871 e. The van der Waals surface area contributed by atoms with Gasteiger partial charge >= 0.3 is 0 Å². The molecule has 0 radical (unpaired) electrons. The highest BCUT2D eigenvalue weighted by molar-refractivity contribution is 5.17. The first-order valence-electron chi connectivity index (χ1n) is 7.33. The Kier molecular flexibility index (Phi) is 5.73. The minimum atomic E-state index is -0.530. The Morgan fingerprint density at radius 2 is 1.38 bits per heavy atom. The zero-order valence-electron chi connectivity index (χ0n) is 12.5. The minimum absolute atomic E-state index is 0.0166. The molecule has 0 fully saturated rings.